The van der Waals surface area contributed by atoms with Gasteiger partial charge in [0, 0.05) is 28.3 Å². The summed E-state index contributed by atoms with van der Waals surface area (Å²) in [5, 5.41) is 15.2. The third kappa shape index (κ3) is 6.96. The predicted molar refractivity (Wildman–Crippen MR) is 128 cm³/mol. The number of amides is 2. The maximum absolute atomic E-state index is 12.9. The zero-order chi connectivity index (χ0) is 25.8. The molecule has 0 aliphatic rings. The van der Waals surface area contributed by atoms with Crippen molar-refractivity contribution >= 4 is 52.2 Å². The van der Waals surface area contributed by atoms with Gasteiger partial charge in [0.15, 0.2) is 0 Å². The molecule has 0 aliphatic carbocycles. The van der Waals surface area contributed by atoms with Gasteiger partial charge in [-0.05, 0) is 55.5 Å². The van der Waals surface area contributed by atoms with E-state index < -0.39 is 33.7 Å². The van der Waals surface area contributed by atoms with Gasteiger partial charge in [-0.1, -0.05) is 17.7 Å². The molecule has 7 nitrogen and oxygen atoms in total. The summed E-state index contributed by atoms with van der Waals surface area (Å²) in [6.07, 6.45) is -4.57. The second-order valence-corrected chi connectivity index (χ2v) is 9.05. The van der Waals surface area contributed by atoms with Crippen molar-refractivity contribution in [2.24, 2.45) is 0 Å². The Morgan fingerprint density at radius 3 is 2.34 bits per heavy atom. The molecule has 0 bridgehead atoms. The van der Waals surface area contributed by atoms with E-state index >= 15 is 0 Å². The molecule has 0 spiro atoms. The zero-order valence-corrected chi connectivity index (χ0v) is 19.5. The molecule has 12 heteroatoms. The number of hydrogen-bond acceptors (Lipinski definition) is 5. The van der Waals surface area contributed by atoms with Crippen LogP contribution in [0.15, 0.2) is 71.6 Å². The van der Waals surface area contributed by atoms with Gasteiger partial charge in [0.1, 0.15) is 0 Å². The van der Waals surface area contributed by atoms with Gasteiger partial charge in [0.25, 0.3) is 11.6 Å². The molecule has 3 rings (SSSR count). The summed E-state index contributed by atoms with van der Waals surface area (Å²) >= 11 is 7.08. The molecular weight excluding hydrogens is 507 g/mol. The molecule has 1 atom stereocenters. The lowest BCUT2D eigenvalue weighted by molar-refractivity contribution is -0.384. The van der Waals surface area contributed by atoms with Gasteiger partial charge < -0.3 is 10.6 Å². The molecule has 0 saturated carbocycles. The van der Waals surface area contributed by atoms with Gasteiger partial charge in [-0.15, -0.1) is 11.8 Å². The fourth-order valence-electron chi connectivity index (χ4n) is 2.87. The first-order valence-electron chi connectivity index (χ1n) is 9.94. The Hall–Kier alpha value is -3.57. The van der Waals surface area contributed by atoms with Crippen LogP contribution < -0.4 is 10.6 Å². The molecule has 0 fully saturated rings. The first-order chi connectivity index (χ1) is 16.4. The maximum atomic E-state index is 12.9. The van der Waals surface area contributed by atoms with E-state index in [1.165, 1.54) is 18.2 Å². The van der Waals surface area contributed by atoms with Gasteiger partial charge in [0.05, 0.1) is 26.4 Å². The van der Waals surface area contributed by atoms with Crippen LogP contribution in [-0.2, 0) is 11.0 Å². The van der Waals surface area contributed by atoms with Gasteiger partial charge in [-0.2, -0.15) is 13.2 Å². The van der Waals surface area contributed by atoms with Crippen LogP contribution in [0.2, 0.25) is 5.02 Å². The number of rotatable bonds is 7. The SMILES string of the molecule is CC(Sc1ccc(NC(=O)c2cccc([N+](=O)[O-])c2)cc1)C(=O)Nc1cc(C(F)(F)F)ccc1Cl. The van der Waals surface area contributed by atoms with E-state index in [1.807, 2.05) is 0 Å². The highest BCUT2D eigenvalue weighted by molar-refractivity contribution is 8.00. The average Bonchev–Trinajstić information content (AvgIpc) is 2.81. The number of benzene rings is 3. The number of alkyl halides is 3. The van der Waals surface area contributed by atoms with Crippen molar-refractivity contribution in [2.45, 2.75) is 23.2 Å². The Labute approximate surface area is 206 Å². The molecule has 1 unspecified atom stereocenters. The van der Waals surface area contributed by atoms with Crippen molar-refractivity contribution < 1.29 is 27.7 Å². The van der Waals surface area contributed by atoms with Gasteiger partial charge >= 0.3 is 6.18 Å². The van der Waals surface area contributed by atoms with Crippen LogP contribution in [0.3, 0.4) is 0 Å². The monoisotopic (exact) mass is 523 g/mol. The lowest BCUT2D eigenvalue weighted by Gasteiger charge is -2.15. The highest BCUT2D eigenvalue weighted by atomic mass is 35.5. The van der Waals surface area contributed by atoms with Crippen molar-refractivity contribution in [1.82, 2.24) is 0 Å². The van der Waals surface area contributed by atoms with Gasteiger partial charge in [-0.25, -0.2) is 0 Å². The van der Waals surface area contributed by atoms with Crippen LogP contribution in [0.5, 0.6) is 0 Å². The molecule has 0 heterocycles. The van der Waals surface area contributed by atoms with E-state index in [1.54, 1.807) is 31.2 Å². The summed E-state index contributed by atoms with van der Waals surface area (Å²) in [4.78, 5) is 35.8. The molecule has 3 aromatic rings. The highest BCUT2D eigenvalue weighted by Crippen LogP contribution is 2.34. The number of carbonyl (C=O) groups excluding carboxylic acids is 2. The predicted octanol–water partition coefficient (Wildman–Crippen LogP) is 6.64. The van der Waals surface area contributed by atoms with Crippen LogP contribution in [-0.4, -0.2) is 22.0 Å². The number of nitro benzene ring substituents is 1. The summed E-state index contributed by atoms with van der Waals surface area (Å²) < 4.78 is 38.8. The van der Waals surface area contributed by atoms with Crippen LogP contribution >= 0.6 is 23.4 Å². The van der Waals surface area contributed by atoms with Crippen LogP contribution in [0.1, 0.15) is 22.8 Å². The van der Waals surface area contributed by atoms with E-state index in [0.29, 0.717) is 10.6 Å². The minimum Gasteiger partial charge on any atom is -0.324 e. The molecule has 0 saturated heterocycles. The second-order valence-electron chi connectivity index (χ2n) is 7.23. The fourth-order valence-corrected chi connectivity index (χ4v) is 3.90. The molecule has 3 aromatic carbocycles. The largest absolute Gasteiger partial charge is 0.416 e. The number of nitro groups is 1. The summed E-state index contributed by atoms with van der Waals surface area (Å²) in [6, 6.07) is 14.4. The quantitative estimate of drug-likeness (QED) is 0.205. The summed E-state index contributed by atoms with van der Waals surface area (Å²) in [7, 11) is 0. The van der Waals surface area contributed by atoms with E-state index in [2.05, 4.69) is 10.6 Å². The molecule has 0 aliphatic heterocycles. The van der Waals surface area contributed by atoms with Gasteiger partial charge in [-0.3, -0.25) is 19.7 Å². The third-order valence-corrected chi connectivity index (χ3v) is 6.11. The Kier molecular flexibility index (Phi) is 8.03. The number of non-ortho nitro benzene ring substituents is 1. The van der Waals surface area contributed by atoms with E-state index in [-0.39, 0.29) is 22.0 Å². The second kappa shape index (κ2) is 10.8. The number of nitrogens with zero attached hydrogens (tertiary/aromatic N) is 1. The topological polar surface area (TPSA) is 101 Å². The minimum atomic E-state index is -4.57. The number of halogens is 4. The number of carbonyl (C=O) groups is 2. The average molecular weight is 524 g/mol. The number of hydrogen-bond donors (Lipinski definition) is 2. The standard InChI is InChI=1S/C23H17ClF3N3O4S/c1-13(21(31)29-20-12-15(23(25,26)27)5-10-19(20)24)35-18-8-6-16(7-9-18)28-22(32)14-3-2-4-17(11-14)30(33)34/h2-13H,1H3,(H,28,32)(H,29,31). The van der Waals surface area contributed by atoms with Crippen LogP contribution in [0.25, 0.3) is 0 Å². The number of anilines is 2. The normalized spacial score (nSPS) is 12.0. The van der Waals surface area contributed by atoms with Crippen molar-refractivity contribution in [1.29, 1.82) is 0 Å². The van der Waals surface area contributed by atoms with E-state index in [9.17, 15) is 32.9 Å². The molecule has 182 valence electrons. The minimum absolute atomic E-state index is 0.0209. The zero-order valence-electron chi connectivity index (χ0n) is 17.9. The summed E-state index contributed by atoms with van der Waals surface area (Å²) in [5.41, 5.74) is -0.726. The first-order valence-corrected chi connectivity index (χ1v) is 11.2. The molecule has 0 radical (unpaired) electrons. The van der Waals surface area contributed by atoms with E-state index in [0.717, 1.165) is 36.0 Å². The van der Waals surface area contributed by atoms with Crippen molar-refractivity contribution in [3.8, 4) is 0 Å². The van der Waals surface area contributed by atoms with Gasteiger partial charge in [0.2, 0.25) is 5.91 Å². The smallest absolute Gasteiger partial charge is 0.324 e. The molecule has 2 amide bonds. The van der Waals surface area contributed by atoms with Crippen LogP contribution in [0, 0.1) is 10.1 Å². The lowest BCUT2D eigenvalue weighted by Crippen LogP contribution is -2.22. The highest BCUT2D eigenvalue weighted by Gasteiger charge is 2.31. The third-order valence-electron chi connectivity index (χ3n) is 4.66. The van der Waals surface area contributed by atoms with Crippen molar-refractivity contribution in [3.05, 3.63) is 93.0 Å². The molecule has 35 heavy (non-hydrogen) atoms. The lowest BCUT2D eigenvalue weighted by atomic mass is 10.2. The molecular formula is C23H17ClF3N3O4S. The number of nitrogens with one attached hydrogen (secondary N) is 2. The maximum Gasteiger partial charge on any atom is 0.416 e. The van der Waals surface area contributed by atoms with E-state index in [4.69, 9.17) is 11.6 Å². The summed E-state index contributed by atoms with van der Waals surface area (Å²) in [5.74, 6) is -1.07. The fraction of sp³-hybridized carbons (Fsp3) is 0.130. The molecule has 0 aromatic heterocycles. The molecule has 2 N–H and O–H groups in total. The Balaban J connectivity index is 1.61. The van der Waals surface area contributed by atoms with Crippen LogP contribution in [0.4, 0.5) is 30.2 Å². The first kappa shape index (κ1) is 26.0. The van der Waals surface area contributed by atoms with Crippen molar-refractivity contribution in [3.63, 3.8) is 0 Å². The Morgan fingerprint density at radius 1 is 1.03 bits per heavy atom. The Bertz CT molecular complexity index is 1270. The number of thioether (sulfide) groups is 1. The summed E-state index contributed by atoms with van der Waals surface area (Å²) in [6.45, 7) is 1.58. The Morgan fingerprint density at radius 2 is 1.71 bits per heavy atom. The van der Waals surface area contributed by atoms with Crippen molar-refractivity contribution in [2.75, 3.05) is 10.6 Å².